The molecule has 0 bridgehead atoms. The number of sulfonamides is 1. The fraction of sp³-hybridized carbons (Fsp3) is 0.310. The second-order valence-electron chi connectivity index (χ2n) is 9.61. The summed E-state index contributed by atoms with van der Waals surface area (Å²) in [6, 6.07) is 20.4. The van der Waals surface area contributed by atoms with Gasteiger partial charge in [-0.05, 0) is 55.3 Å². The van der Waals surface area contributed by atoms with Crippen molar-refractivity contribution in [2.24, 2.45) is 5.92 Å². The normalized spacial score (nSPS) is 12.1. The number of ether oxygens (including phenoxy) is 1. The standard InChI is InChI=1S/C29H34FN3O5S/c1-21(2)18-31-29(35)22(3)32(19-23-10-8-9-13-27(23)30)28(34)20-33(39(4,36)37)24-14-16-26(17-15-24)38-25-11-6-5-7-12-25/h5-17,21-22H,18-20H2,1-4H3,(H,31,35)/t22-/m1/s1. The molecule has 10 heteroatoms. The summed E-state index contributed by atoms with van der Waals surface area (Å²) in [5.41, 5.74) is 0.455. The summed E-state index contributed by atoms with van der Waals surface area (Å²) in [7, 11) is -3.90. The van der Waals surface area contributed by atoms with Crippen molar-refractivity contribution < 1.29 is 27.1 Å². The SMILES string of the molecule is CC(C)CNC(=O)[C@@H](C)N(Cc1ccccc1F)C(=O)CN(c1ccc(Oc2ccccc2)cc1)S(C)(=O)=O. The van der Waals surface area contributed by atoms with Crippen LogP contribution in [0.25, 0.3) is 0 Å². The van der Waals surface area contributed by atoms with E-state index >= 15 is 0 Å². The van der Waals surface area contributed by atoms with E-state index in [2.05, 4.69) is 5.32 Å². The fourth-order valence-corrected chi connectivity index (χ4v) is 4.61. The zero-order valence-corrected chi connectivity index (χ0v) is 23.3. The number of nitrogens with one attached hydrogen (secondary N) is 1. The zero-order chi connectivity index (χ0) is 28.6. The van der Waals surface area contributed by atoms with Crippen LogP contribution >= 0.6 is 0 Å². The third-order valence-corrected chi connectivity index (χ3v) is 7.07. The molecule has 8 nitrogen and oxygen atoms in total. The molecular weight excluding hydrogens is 521 g/mol. The van der Waals surface area contributed by atoms with E-state index in [1.165, 1.54) is 42.2 Å². The lowest BCUT2D eigenvalue weighted by atomic mass is 10.1. The van der Waals surface area contributed by atoms with E-state index in [-0.39, 0.29) is 23.7 Å². The molecule has 0 aliphatic carbocycles. The van der Waals surface area contributed by atoms with Gasteiger partial charge in [0.15, 0.2) is 0 Å². The van der Waals surface area contributed by atoms with Gasteiger partial charge in [0.25, 0.3) is 0 Å². The third-order valence-electron chi connectivity index (χ3n) is 5.93. The van der Waals surface area contributed by atoms with Crippen LogP contribution in [0.2, 0.25) is 0 Å². The molecule has 0 aromatic heterocycles. The first-order chi connectivity index (χ1) is 18.5. The minimum absolute atomic E-state index is 0.187. The molecule has 3 rings (SSSR count). The number of hydrogen-bond donors (Lipinski definition) is 1. The molecular formula is C29H34FN3O5S. The average Bonchev–Trinajstić information content (AvgIpc) is 2.90. The number of anilines is 1. The second kappa shape index (κ2) is 13.2. The number of amides is 2. The second-order valence-corrected chi connectivity index (χ2v) is 11.5. The van der Waals surface area contributed by atoms with Gasteiger partial charge in [0.1, 0.15) is 29.9 Å². The Morgan fingerprint density at radius 1 is 0.897 bits per heavy atom. The maximum absolute atomic E-state index is 14.5. The highest BCUT2D eigenvalue weighted by Gasteiger charge is 2.30. The lowest BCUT2D eigenvalue weighted by Crippen LogP contribution is -2.51. The average molecular weight is 556 g/mol. The summed E-state index contributed by atoms with van der Waals surface area (Å²) < 4.78 is 46.7. The largest absolute Gasteiger partial charge is 0.457 e. The zero-order valence-electron chi connectivity index (χ0n) is 22.5. The molecule has 208 valence electrons. The van der Waals surface area contributed by atoms with Crippen molar-refractivity contribution in [3.05, 3.63) is 90.2 Å². The maximum Gasteiger partial charge on any atom is 0.244 e. The summed E-state index contributed by atoms with van der Waals surface area (Å²) in [6.45, 7) is 5.03. The number of benzene rings is 3. The first kappa shape index (κ1) is 29.6. The summed E-state index contributed by atoms with van der Waals surface area (Å²) in [5, 5.41) is 2.79. The monoisotopic (exact) mass is 555 g/mol. The van der Waals surface area contributed by atoms with Crippen LogP contribution < -0.4 is 14.4 Å². The highest BCUT2D eigenvalue weighted by molar-refractivity contribution is 7.92. The highest BCUT2D eigenvalue weighted by atomic mass is 32.2. The number of hydrogen-bond acceptors (Lipinski definition) is 5. The molecule has 0 aliphatic heterocycles. The van der Waals surface area contributed by atoms with Gasteiger partial charge in [0, 0.05) is 18.7 Å². The Balaban J connectivity index is 1.86. The van der Waals surface area contributed by atoms with Crippen LogP contribution in [0.5, 0.6) is 11.5 Å². The van der Waals surface area contributed by atoms with E-state index in [0.717, 1.165) is 10.6 Å². The molecule has 1 atom stereocenters. The van der Waals surface area contributed by atoms with Gasteiger partial charge < -0.3 is 15.0 Å². The Hall–Kier alpha value is -3.92. The van der Waals surface area contributed by atoms with Crippen LogP contribution in [0.1, 0.15) is 26.3 Å². The molecule has 0 saturated carbocycles. The molecule has 39 heavy (non-hydrogen) atoms. The van der Waals surface area contributed by atoms with Gasteiger partial charge in [0.05, 0.1) is 11.9 Å². The van der Waals surface area contributed by atoms with Gasteiger partial charge in [0.2, 0.25) is 21.8 Å². The molecule has 1 N–H and O–H groups in total. The number of halogens is 1. The van der Waals surface area contributed by atoms with E-state index in [9.17, 15) is 22.4 Å². The van der Waals surface area contributed by atoms with Crippen molar-refractivity contribution >= 4 is 27.5 Å². The topological polar surface area (TPSA) is 96.0 Å². The molecule has 3 aromatic carbocycles. The Morgan fingerprint density at radius 3 is 2.08 bits per heavy atom. The molecule has 3 aromatic rings. The highest BCUT2D eigenvalue weighted by Crippen LogP contribution is 2.26. The van der Waals surface area contributed by atoms with Crippen molar-refractivity contribution in [1.29, 1.82) is 0 Å². The molecule has 0 fully saturated rings. The fourth-order valence-electron chi connectivity index (χ4n) is 3.76. The van der Waals surface area contributed by atoms with Gasteiger partial charge in [-0.15, -0.1) is 0 Å². The Labute approximate surface area is 229 Å². The number of nitrogens with zero attached hydrogens (tertiary/aromatic N) is 2. The Bertz CT molecular complexity index is 1370. The van der Waals surface area contributed by atoms with Gasteiger partial charge in [-0.1, -0.05) is 50.2 Å². The summed E-state index contributed by atoms with van der Waals surface area (Å²) >= 11 is 0. The first-order valence-electron chi connectivity index (χ1n) is 12.6. The van der Waals surface area contributed by atoms with Gasteiger partial charge in [-0.3, -0.25) is 13.9 Å². The van der Waals surface area contributed by atoms with Crippen molar-refractivity contribution in [1.82, 2.24) is 10.2 Å². The van der Waals surface area contributed by atoms with E-state index in [1.54, 1.807) is 30.3 Å². The molecule has 0 spiro atoms. The van der Waals surface area contributed by atoms with Crippen molar-refractivity contribution in [3.8, 4) is 11.5 Å². The molecule has 0 heterocycles. The van der Waals surface area contributed by atoms with Crippen LogP contribution in [0.4, 0.5) is 10.1 Å². The van der Waals surface area contributed by atoms with Crippen LogP contribution in [0.15, 0.2) is 78.9 Å². The molecule has 0 aliphatic rings. The van der Waals surface area contributed by atoms with Crippen molar-refractivity contribution in [3.63, 3.8) is 0 Å². The molecule has 0 unspecified atom stereocenters. The van der Waals surface area contributed by atoms with Gasteiger partial charge >= 0.3 is 0 Å². The van der Waals surface area contributed by atoms with Crippen LogP contribution in [0, 0.1) is 11.7 Å². The van der Waals surface area contributed by atoms with E-state index in [1.807, 2.05) is 32.0 Å². The van der Waals surface area contributed by atoms with E-state index in [4.69, 9.17) is 4.74 Å². The van der Waals surface area contributed by atoms with Crippen LogP contribution in [-0.2, 0) is 26.2 Å². The maximum atomic E-state index is 14.5. The summed E-state index contributed by atoms with van der Waals surface area (Å²) in [4.78, 5) is 27.6. The summed E-state index contributed by atoms with van der Waals surface area (Å²) in [5.74, 6) is -0.303. The predicted octanol–water partition coefficient (Wildman–Crippen LogP) is 4.57. The van der Waals surface area contributed by atoms with Crippen LogP contribution in [-0.4, -0.2) is 50.5 Å². The van der Waals surface area contributed by atoms with Gasteiger partial charge in [-0.25, -0.2) is 12.8 Å². The lowest BCUT2D eigenvalue weighted by molar-refractivity contribution is -0.139. The van der Waals surface area contributed by atoms with Crippen molar-refractivity contribution in [2.45, 2.75) is 33.4 Å². The number of carbonyl (C=O) groups excluding carboxylic acids is 2. The smallest absolute Gasteiger partial charge is 0.244 e. The molecule has 0 radical (unpaired) electrons. The minimum atomic E-state index is -3.90. The van der Waals surface area contributed by atoms with Crippen LogP contribution in [0.3, 0.4) is 0 Å². The Morgan fingerprint density at radius 2 is 1.49 bits per heavy atom. The number of para-hydroxylation sites is 1. The number of carbonyl (C=O) groups is 2. The van der Waals surface area contributed by atoms with Crippen molar-refractivity contribution in [2.75, 3.05) is 23.7 Å². The van der Waals surface area contributed by atoms with Gasteiger partial charge in [-0.2, -0.15) is 0 Å². The first-order valence-corrected chi connectivity index (χ1v) is 14.4. The minimum Gasteiger partial charge on any atom is -0.457 e. The lowest BCUT2D eigenvalue weighted by Gasteiger charge is -2.31. The summed E-state index contributed by atoms with van der Waals surface area (Å²) in [6.07, 6.45) is 0.995. The predicted molar refractivity (Wildman–Crippen MR) is 149 cm³/mol. The quantitative estimate of drug-likeness (QED) is 0.353. The number of rotatable bonds is 12. The van der Waals surface area contributed by atoms with E-state index in [0.29, 0.717) is 18.0 Å². The molecule has 2 amide bonds. The third kappa shape index (κ3) is 8.54. The molecule has 0 saturated heterocycles. The van der Waals surface area contributed by atoms with E-state index < -0.39 is 40.2 Å². The Kier molecular flexibility index (Phi) is 10.1.